The first-order chi connectivity index (χ1) is 9.06. The highest BCUT2D eigenvalue weighted by atomic mass is 16.5. The van der Waals surface area contributed by atoms with E-state index in [9.17, 15) is 9.59 Å². The Morgan fingerprint density at radius 3 is 2.79 bits per heavy atom. The molecule has 0 radical (unpaired) electrons. The summed E-state index contributed by atoms with van der Waals surface area (Å²) in [7, 11) is 0. The number of aryl methyl sites for hydroxylation is 1. The summed E-state index contributed by atoms with van der Waals surface area (Å²) in [5.41, 5.74) is 1.04. The molecule has 19 heavy (non-hydrogen) atoms. The van der Waals surface area contributed by atoms with Gasteiger partial charge in [0, 0.05) is 0 Å². The molecule has 2 rings (SSSR count). The summed E-state index contributed by atoms with van der Waals surface area (Å²) in [6.45, 7) is 1.76. The molecular weight excluding hydrogens is 246 g/mol. The predicted molar refractivity (Wildman–Crippen MR) is 69.0 cm³/mol. The summed E-state index contributed by atoms with van der Waals surface area (Å²) >= 11 is 0. The Balaban J connectivity index is 1.82. The highest BCUT2D eigenvalue weighted by molar-refractivity contribution is 5.84. The Bertz CT molecular complexity index is 482. The number of carbonyl (C=O) groups excluding carboxylic acids is 1. The van der Waals surface area contributed by atoms with Gasteiger partial charge in [0.1, 0.15) is 11.8 Å². The highest BCUT2D eigenvalue weighted by Gasteiger charge is 2.37. The third kappa shape index (κ3) is 3.98. The van der Waals surface area contributed by atoms with Crippen molar-refractivity contribution in [3.8, 4) is 5.75 Å². The molecule has 1 aliphatic rings. The predicted octanol–water partition coefficient (Wildman–Crippen LogP) is 1.35. The number of carboxylic acid groups (broad SMARTS) is 1. The van der Waals surface area contributed by atoms with E-state index < -0.39 is 17.9 Å². The molecule has 1 unspecified atom stereocenters. The summed E-state index contributed by atoms with van der Waals surface area (Å²) in [6.07, 6.45) is 1.71. The minimum absolute atomic E-state index is 0.0698. The van der Waals surface area contributed by atoms with Gasteiger partial charge in [-0.3, -0.25) is 4.79 Å². The average Bonchev–Trinajstić information content (AvgIpc) is 3.17. The summed E-state index contributed by atoms with van der Waals surface area (Å²) in [5.74, 6) is -0.707. The maximum Gasteiger partial charge on any atom is 0.326 e. The van der Waals surface area contributed by atoms with Gasteiger partial charge in [0.05, 0.1) is 0 Å². The fraction of sp³-hybridized carbons (Fsp3) is 0.429. The monoisotopic (exact) mass is 263 g/mol. The van der Waals surface area contributed by atoms with Crippen molar-refractivity contribution in [3.63, 3.8) is 0 Å². The van der Waals surface area contributed by atoms with E-state index >= 15 is 0 Å². The molecule has 2 N–H and O–H groups in total. The van der Waals surface area contributed by atoms with Crippen LogP contribution in [-0.2, 0) is 9.59 Å². The number of hydrogen-bond acceptors (Lipinski definition) is 3. The summed E-state index contributed by atoms with van der Waals surface area (Å²) in [4.78, 5) is 22.6. The lowest BCUT2D eigenvalue weighted by Crippen LogP contribution is -2.44. The molecule has 5 nitrogen and oxygen atoms in total. The molecule has 1 aromatic carbocycles. The number of amides is 1. The zero-order valence-corrected chi connectivity index (χ0v) is 10.8. The van der Waals surface area contributed by atoms with Gasteiger partial charge in [0.15, 0.2) is 6.61 Å². The molecular formula is C14H17NO4. The molecule has 0 bridgehead atoms. The van der Waals surface area contributed by atoms with E-state index in [0.29, 0.717) is 5.75 Å². The normalized spacial score (nSPS) is 15.6. The Hall–Kier alpha value is -2.04. The topological polar surface area (TPSA) is 75.6 Å². The lowest BCUT2D eigenvalue weighted by Gasteiger charge is -2.14. The van der Waals surface area contributed by atoms with Crippen LogP contribution >= 0.6 is 0 Å². The van der Waals surface area contributed by atoms with Crippen molar-refractivity contribution < 1.29 is 19.4 Å². The molecule has 1 aromatic rings. The molecule has 1 atom stereocenters. The van der Waals surface area contributed by atoms with Crippen molar-refractivity contribution in [2.45, 2.75) is 25.8 Å². The van der Waals surface area contributed by atoms with Crippen molar-refractivity contribution in [3.05, 3.63) is 29.8 Å². The maximum absolute atomic E-state index is 11.6. The van der Waals surface area contributed by atoms with E-state index in [2.05, 4.69) is 5.32 Å². The largest absolute Gasteiger partial charge is 0.484 e. The van der Waals surface area contributed by atoms with Gasteiger partial charge in [0.25, 0.3) is 5.91 Å². The molecule has 0 aromatic heterocycles. The van der Waals surface area contributed by atoms with Crippen LogP contribution in [0, 0.1) is 12.8 Å². The van der Waals surface area contributed by atoms with E-state index in [0.717, 1.165) is 18.4 Å². The molecule has 5 heteroatoms. The number of hydrogen-bond donors (Lipinski definition) is 2. The maximum atomic E-state index is 11.6. The van der Waals surface area contributed by atoms with Crippen LogP contribution in [0.15, 0.2) is 24.3 Å². The summed E-state index contributed by atoms with van der Waals surface area (Å²) in [5, 5.41) is 11.5. The van der Waals surface area contributed by atoms with Gasteiger partial charge in [-0.25, -0.2) is 4.79 Å². The second kappa shape index (κ2) is 5.73. The van der Waals surface area contributed by atoms with Gasteiger partial charge < -0.3 is 15.2 Å². The molecule has 0 spiro atoms. The van der Waals surface area contributed by atoms with Crippen LogP contribution < -0.4 is 10.1 Å². The minimum atomic E-state index is -0.980. The average molecular weight is 263 g/mol. The van der Waals surface area contributed by atoms with E-state index in [-0.39, 0.29) is 12.5 Å². The fourth-order valence-corrected chi connectivity index (χ4v) is 1.88. The molecule has 0 heterocycles. The quantitative estimate of drug-likeness (QED) is 0.812. The van der Waals surface area contributed by atoms with Crippen molar-refractivity contribution >= 4 is 11.9 Å². The third-order valence-corrected chi connectivity index (χ3v) is 3.04. The molecule has 1 saturated carbocycles. The van der Waals surface area contributed by atoms with Gasteiger partial charge in [-0.2, -0.15) is 0 Å². The van der Waals surface area contributed by atoms with E-state index in [1.54, 1.807) is 6.07 Å². The van der Waals surface area contributed by atoms with E-state index in [1.807, 2.05) is 25.1 Å². The van der Waals surface area contributed by atoms with Crippen molar-refractivity contribution in [1.82, 2.24) is 5.32 Å². The van der Waals surface area contributed by atoms with Crippen LogP contribution in [0.1, 0.15) is 18.4 Å². The van der Waals surface area contributed by atoms with Crippen LogP contribution in [0.25, 0.3) is 0 Å². The SMILES string of the molecule is Cc1cccc(OCC(=O)NC(C(=O)O)C2CC2)c1. The number of benzene rings is 1. The van der Waals surface area contributed by atoms with Gasteiger partial charge in [0.2, 0.25) is 0 Å². The van der Waals surface area contributed by atoms with Crippen LogP contribution in [0.3, 0.4) is 0 Å². The van der Waals surface area contributed by atoms with Gasteiger partial charge >= 0.3 is 5.97 Å². The van der Waals surface area contributed by atoms with Crippen molar-refractivity contribution in [1.29, 1.82) is 0 Å². The molecule has 1 amide bonds. The highest BCUT2D eigenvalue weighted by Crippen LogP contribution is 2.32. The lowest BCUT2D eigenvalue weighted by atomic mass is 10.2. The first-order valence-electron chi connectivity index (χ1n) is 6.28. The Kier molecular flexibility index (Phi) is 4.04. The first kappa shape index (κ1) is 13.4. The third-order valence-electron chi connectivity index (χ3n) is 3.04. The van der Waals surface area contributed by atoms with Crippen molar-refractivity contribution in [2.24, 2.45) is 5.92 Å². The summed E-state index contributed by atoms with van der Waals surface area (Å²) in [6, 6.07) is 6.57. The molecule has 1 fully saturated rings. The summed E-state index contributed by atoms with van der Waals surface area (Å²) < 4.78 is 5.32. The second-order valence-electron chi connectivity index (χ2n) is 4.83. The van der Waals surface area contributed by atoms with Gasteiger partial charge in [-0.15, -0.1) is 0 Å². The number of carboxylic acids is 1. The molecule has 0 aliphatic heterocycles. The minimum Gasteiger partial charge on any atom is -0.484 e. The number of aliphatic carboxylic acids is 1. The van der Waals surface area contributed by atoms with Gasteiger partial charge in [-0.05, 0) is 43.4 Å². The second-order valence-corrected chi connectivity index (χ2v) is 4.83. The number of ether oxygens (including phenoxy) is 1. The molecule has 1 aliphatic carbocycles. The number of carbonyl (C=O) groups is 2. The Labute approximate surface area is 111 Å². The van der Waals surface area contributed by atoms with Crippen LogP contribution in [0.4, 0.5) is 0 Å². The van der Waals surface area contributed by atoms with Crippen LogP contribution in [-0.4, -0.2) is 29.6 Å². The van der Waals surface area contributed by atoms with E-state index in [1.165, 1.54) is 0 Å². The smallest absolute Gasteiger partial charge is 0.326 e. The fourth-order valence-electron chi connectivity index (χ4n) is 1.88. The van der Waals surface area contributed by atoms with Gasteiger partial charge in [-0.1, -0.05) is 12.1 Å². The first-order valence-corrected chi connectivity index (χ1v) is 6.28. The number of rotatable bonds is 6. The lowest BCUT2D eigenvalue weighted by molar-refractivity contribution is -0.142. The van der Waals surface area contributed by atoms with E-state index in [4.69, 9.17) is 9.84 Å². The van der Waals surface area contributed by atoms with Crippen LogP contribution in [0.2, 0.25) is 0 Å². The zero-order valence-electron chi connectivity index (χ0n) is 10.8. The standard InChI is InChI=1S/C14H17NO4/c1-9-3-2-4-11(7-9)19-8-12(16)15-13(14(17)18)10-5-6-10/h2-4,7,10,13H,5-6,8H2,1H3,(H,15,16)(H,17,18). The molecule has 0 saturated heterocycles. The zero-order chi connectivity index (χ0) is 13.8. The Morgan fingerprint density at radius 1 is 1.47 bits per heavy atom. The van der Waals surface area contributed by atoms with Crippen LogP contribution in [0.5, 0.6) is 5.75 Å². The molecule has 102 valence electrons. The van der Waals surface area contributed by atoms with Crippen molar-refractivity contribution in [2.75, 3.05) is 6.61 Å². The number of nitrogens with one attached hydrogen (secondary N) is 1. The Morgan fingerprint density at radius 2 is 2.21 bits per heavy atom.